The van der Waals surface area contributed by atoms with Crippen LogP contribution >= 0.6 is 35.6 Å². The van der Waals surface area contributed by atoms with Gasteiger partial charge in [-0.1, -0.05) is 43.6 Å². The topological polar surface area (TPSA) is 40.1 Å². The fourth-order valence-electron chi connectivity index (χ4n) is 3.76. The van der Waals surface area contributed by atoms with Crippen molar-refractivity contribution in [2.24, 2.45) is 10.9 Å². The van der Waals surface area contributed by atoms with Crippen LogP contribution in [0.25, 0.3) is 0 Å². The number of guanidine groups is 1. The third kappa shape index (κ3) is 6.76. The van der Waals surface area contributed by atoms with Gasteiger partial charge < -0.3 is 15.0 Å². The lowest BCUT2D eigenvalue weighted by atomic mass is 10.0. The SMILES string of the molecule is CCN(CC)C(CNC(=NC)N1CCC(COC)C1)c1ccccc1Cl.I. The lowest BCUT2D eigenvalue weighted by Gasteiger charge is -2.32. The number of rotatable bonds is 8. The molecule has 2 atom stereocenters. The third-order valence-corrected chi connectivity index (χ3v) is 5.51. The highest BCUT2D eigenvalue weighted by molar-refractivity contribution is 14.0. The van der Waals surface area contributed by atoms with Gasteiger partial charge in [0.2, 0.25) is 0 Å². The largest absolute Gasteiger partial charge is 0.384 e. The summed E-state index contributed by atoms with van der Waals surface area (Å²) < 4.78 is 5.31. The van der Waals surface area contributed by atoms with Crippen LogP contribution in [0.15, 0.2) is 29.3 Å². The zero-order valence-corrected chi connectivity index (χ0v) is 20.0. The van der Waals surface area contributed by atoms with E-state index in [4.69, 9.17) is 16.3 Å². The molecule has 1 fully saturated rings. The maximum atomic E-state index is 6.50. The van der Waals surface area contributed by atoms with Crippen molar-refractivity contribution in [3.05, 3.63) is 34.9 Å². The smallest absolute Gasteiger partial charge is 0.193 e. The first kappa shape index (κ1) is 24.5. The van der Waals surface area contributed by atoms with Gasteiger partial charge in [0, 0.05) is 44.7 Å². The molecule has 1 aliphatic heterocycles. The summed E-state index contributed by atoms with van der Waals surface area (Å²) in [6.45, 7) is 9.96. The predicted octanol–water partition coefficient (Wildman–Crippen LogP) is 3.88. The van der Waals surface area contributed by atoms with Gasteiger partial charge in [-0.2, -0.15) is 0 Å². The van der Waals surface area contributed by atoms with E-state index in [1.54, 1.807) is 7.11 Å². The van der Waals surface area contributed by atoms with Gasteiger partial charge in [-0.05, 0) is 31.1 Å². The molecule has 0 bridgehead atoms. The lowest BCUT2D eigenvalue weighted by Crippen LogP contribution is -2.44. The Morgan fingerprint density at radius 2 is 2.07 bits per heavy atom. The summed E-state index contributed by atoms with van der Waals surface area (Å²) in [6, 6.07) is 8.35. The van der Waals surface area contributed by atoms with Crippen LogP contribution in [0.4, 0.5) is 0 Å². The van der Waals surface area contributed by atoms with Crippen LogP contribution in [0.5, 0.6) is 0 Å². The molecule has 2 unspecified atom stereocenters. The van der Waals surface area contributed by atoms with Crippen molar-refractivity contribution in [1.82, 2.24) is 15.1 Å². The van der Waals surface area contributed by atoms with Gasteiger partial charge in [-0.25, -0.2) is 0 Å². The van der Waals surface area contributed by atoms with Crippen molar-refractivity contribution in [2.45, 2.75) is 26.3 Å². The first-order chi connectivity index (χ1) is 12.6. The number of aliphatic imine (C=N–C) groups is 1. The van der Waals surface area contributed by atoms with Crippen molar-refractivity contribution < 1.29 is 4.74 Å². The Balaban J connectivity index is 0.00000364. The van der Waals surface area contributed by atoms with E-state index in [1.807, 2.05) is 19.2 Å². The highest BCUT2D eigenvalue weighted by Gasteiger charge is 2.26. The van der Waals surface area contributed by atoms with E-state index in [1.165, 1.54) is 5.56 Å². The third-order valence-electron chi connectivity index (χ3n) is 5.17. The molecule has 0 spiro atoms. The Morgan fingerprint density at radius 3 is 2.67 bits per heavy atom. The van der Waals surface area contributed by atoms with Gasteiger partial charge >= 0.3 is 0 Å². The van der Waals surface area contributed by atoms with Gasteiger partial charge in [-0.15, -0.1) is 24.0 Å². The molecule has 1 aromatic carbocycles. The second-order valence-corrected chi connectivity index (χ2v) is 7.15. The standard InChI is InChI=1S/C20H33ClN4O.HI/c1-5-24(6-2)19(17-9-7-8-10-18(17)21)13-23-20(22-3)25-12-11-16(14-25)15-26-4;/h7-10,16,19H,5-6,11-15H2,1-4H3,(H,22,23);1H. The van der Waals surface area contributed by atoms with Crippen molar-refractivity contribution in [2.75, 3.05) is 53.5 Å². The molecule has 5 nitrogen and oxygen atoms in total. The zero-order chi connectivity index (χ0) is 18.9. The van der Waals surface area contributed by atoms with E-state index >= 15 is 0 Å². The minimum absolute atomic E-state index is 0. The highest BCUT2D eigenvalue weighted by atomic mass is 127. The Hall–Kier alpha value is -0.570. The summed E-state index contributed by atoms with van der Waals surface area (Å²) in [7, 11) is 3.63. The number of likely N-dealkylation sites (N-methyl/N-ethyl adjacent to an activating group) is 1. The zero-order valence-electron chi connectivity index (χ0n) is 16.9. The Morgan fingerprint density at radius 1 is 1.37 bits per heavy atom. The molecule has 1 N–H and O–H groups in total. The summed E-state index contributed by atoms with van der Waals surface area (Å²) in [5, 5.41) is 4.41. The quantitative estimate of drug-likeness (QED) is 0.329. The predicted molar refractivity (Wildman–Crippen MR) is 125 cm³/mol. The molecule has 0 saturated carbocycles. The van der Waals surface area contributed by atoms with Crippen molar-refractivity contribution in [1.29, 1.82) is 0 Å². The van der Waals surface area contributed by atoms with Crippen LogP contribution < -0.4 is 5.32 Å². The summed E-state index contributed by atoms with van der Waals surface area (Å²) in [5.74, 6) is 1.55. The average molecular weight is 509 g/mol. The van der Waals surface area contributed by atoms with E-state index in [2.05, 4.69) is 46.1 Å². The molecular weight excluding hydrogens is 475 g/mol. The molecule has 1 heterocycles. The van der Waals surface area contributed by atoms with Crippen LogP contribution in [0.2, 0.25) is 5.02 Å². The minimum Gasteiger partial charge on any atom is -0.384 e. The number of ether oxygens (including phenoxy) is 1. The van der Waals surface area contributed by atoms with Crippen LogP contribution in [0, 0.1) is 5.92 Å². The molecule has 7 heteroatoms. The molecule has 1 aromatic rings. The summed E-state index contributed by atoms with van der Waals surface area (Å²) in [6.07, 6.45) is 1.15. The van der Waals surface area contributed by atoms with Gasteiger partial charge in [0.05, 0.1) is 12.6 Å². The number of halogens is 2. The van der Waals surface area contributed by atoms with Gasteiger partial charge in [0.15, 0.2) is 5.96 Å². The minimum atomic E-state index is 0. The van der Waals surface area contributed by atoms with E-state index in [0.717, 1.165) is 56.7 Å². The molecule has 0 aliphatic carbocycles. The van der Waals surface area contributed by atoms with Crippen molar-refractivity contribution in [3.8, 4) is 0 Å². The van der Waals surface area contributed by atoms with Crippen LogP contribution in [-0.2, 0) is 4.74 Å². The van der Waals surface area contributed by atoms with Crippen LogP contribution in [0.3, 0.4) is 0 Å². The fraction of sp³-hybridized carbons (Fsp3) is 0.650. The average Bonchev–Trinajstić information content (AvgIpc) is 3.11. The number of benzene rings is 1. The van der Waals surface area contributed by atoms with E-state index in [9.17, 15) is 0 Å². The van der Waals surface area contributed by atoms with Crippen LogP contribution in [-0.4, -0.2) is 69.2 Å². The molecule has 1 aliphatic rings. The molecule has 0 aromatic heterocycles. The molecule has 154 valence electrons. The normalized spacial score (nSPS) is 18.5. The molecule has 0 radical (unpaired) electrons. The number of hydrogen-bond donors (Lipinski definition) is 1. The number of nitrogens with zero attached hydrogens (tertiary/aromatic N) is 3. The molecule has 2 rings (SSSR count). The van der Waals surface area contributed by atoms with Gasteiger partial charge in [0.25, 0.3) is 0 Å². The van der Waals surface area contributed by atoms with E-state index < -0.39 is 0 Å². The monoisotopic (exact) mass is 508 g/mol. The van der Waals surface area contributed by atoms with Crippen molar-refractivity contribution >= 4 is 41.5 Å². The number of likely N-dealkylation sites (tertiary alicyclic amines) is 1. The second kappa shape index (κ2) is 12.8. The first-order valence-electron chi connectivity index (χ1n) is 9.57. The summed E-state index contributed by atoms with van der Waals surface area (Å²) in [5.41, 5.74) is 1.17. The maximum absolute atomic E-state index is 6.50. The Labute approximate surface area is 186 Å². The Kier molecular flexibility index (Phi) is 11.6. The lowest BCUT2D eigenvalue weighted by molar-refractivity contribution is 0.157. The van der Waals surface area contributed by atoms with E-state index in [0.29, 0.717) is 5.92 Å². The molecule has 0 amide bonds. The number of methoxy groups -OCH3 is 1. The number of hydrogen-bond acceptors (Lipinski definition) is 3. The molecule has 27 heavy (non-hydrogen) atoms. The highest BCUT2D eigenvalue weighted by Crippen LogP contribution is 2.27. The van der Waals surface area contributed by atoms with E-state index in [-0.39, 0.29) is 30.0 Å². The fourth-order valence-corrected chi connectivity index (χ4v) is 4.02. The second-order valence-electron chi connectivity index (χ2n) is 6.74. The summed E-state index contributed by atoms with van der Waals surface area (Å²) in [4.78, 5) is 9.26. The number of nitrogens with one attached hydrogen (secondary N) is 1. The maximum Gasteiger partial charge on any atom is 0.193 e. The molecular formula is C20H34ClIN4O. The van der Waals surface area contributed by atoms with Gasteiger partial charge in [-0.3, -0.25) is 9.89 Å². The molecule has 1 saturated heterocycles. The van der Waals surface area contributed by atoms with Crippen LogP contribution in [0.1, 0.15) is 31.9 Å². The Bertz CT molecular complexity index is 583. The van der Waals surface area contributed by atoms with Crippen molar-refractivity contribution in [3.63, 3.8) is 0 Å². The van der Waals surface area contributed by atoms with Gasteiger partial charge in [0.1, 0.15) is 0 Å². The summed E-state index contributed by atoms with van der Waals surface area (Å²) >= 11 is 6.50. The first-order valence-corrected chi connectivity index (χ1v) is 9.95.